The van der Waals surface area contributed by atoms with E-state index in [4.69, 9.17) is 0 Å². The van der Waals surface area contributed by atoms with Crippen molar-refractivity contribution in [2.75, 3.05) is 13.6 Å². The molecule has 188 valence electrons. The molecule has 0 aromatic rings. The van der Waals surface area contributed by atoms with Crippen LogP contribution in [0.15, 0.2) is 11.6 Å². The van der Waals surface area contributed by atoms with Gasteiger partial charge in [-0.05, 0) is 64.8 Å². The molecule has 1 saturated carbocycles. The Labute approximate surface area is 200 Å². The van der Waals surface area contributed by atoms with Crippen LogP contribution in [0.4, 0.5) is 0 Å². The monoisotopic (exact) mass is 463 g/mol. The number of nitrogens with one attached hydrogen (secondary N) is 1. The minimum Gasteiger partial charge on any atom is -0.478 e. The molecule has 2 amide bonds. The lowest BCUT2D eigenvalue weighted by Crippen LogP contribution is -2.59. The van der Waals surface area contributed by atoms with Crippen molar-refractivity contribution in [1.82, 2.24) is 15.1 Å². The Balaban J connectivity index is 2.28. The molecule has 1 heterocycles. The van der Waals surface area contributed by atoms with E-state index in [2.05, 4.69) is 24.1 Å². The van der Waals surface area contributed by atoms with E-state index in [1.165, 1.54) is 6.42 Å². The molecule has 0 bridgehead atoms. The number of likely N-dealkylation sites (tertiary alicyclic amines) is 1. The van der Waals surface area contributed by atoms with Gasteiger partial charge in [0.15, 0.2) is 0 Å². The lowest BCUT2D eigenvalue weighted by Gasteiger charge is -2.40. The zero-order valence-electron chi connectivity index (χ0n) is 21.5. The predicted molar refractivity (Wildman–Crippen MR) is 131 cm³/mol. The second-order valence-corrected chi connectivity index (χ2v) is 10.6. The number of carboxylic acid groups (broad SMARTS) is 1. The summed E-state index contributed by atoms with van der Waals surface area (Å²) in [7, 11) is 1.74. The van der Waals surface area contributed by atoms with Crippen molar-refractivity contribution >= 4 is 17.8 Å². The Morgan fingerprint density at radius 3 is 2.15 bits per heavy atom. The number of likely N-dealkylation sites (N-methyl/N-ethyl adjacent to an activating group) is 1. The molecule has 1 aliphatic carbocycles. The molecule has 0 spiro atoms. The molecule has 0 aromatic carbocycles. The Kier molecular flexibility index (Phi) is 10.4. The Morgan fingerprint density at radius 2 is 1.61 bits per heavy atom. The lowest BCUT2D eigenvalue weighted by atomic mass is 9.82. The third kappa shape index (κ3) is 7.29. The van der Waals surface area contributed by atoms with E-state index >= 15 is 0 Å². The van der Waals surface area contributed by atoms with E-state index in [0.29, 0.717) is 0 Å². The van der Waals surface area contributed by atoms with Gasteiger partial charge in [-0.15, -0.1) is 0 Å². The predicted octanol–water partition coefficient (Wildman–Crippen LogP) is 3.83. The minimum atomic E-state index is -0.982. The summed E-state index contributed by atoms with van der Waals surface area (Å²) in [6.45, 7) is 10.7. The first-order valence-electron chi connectivity index (χ1n) is 12.8. The average molecular weight is 464 g/mol. The van der Waals surface area contributed by atoms with E-state index < -0.39 is 12.0 Å². The first kappa shape index (κ1) is 27.4. The van der Waals surface area contributed by atoms with Crippen LogP contribution in [0.5, 0.6) is 0 Å². The Hall–Kier alpha value is -1.89. The molecule has 33 heavy (non-hydrogen) atoms. The highest BCUT2D eigenvalue weighted by atomic mass is 16.4. The molecule has 2 N–H and O–H groups in total. The maximum Gasteiger partial charge on any atom is 0.331 e. The number of amides is 2. The number of rotatable bonds is 9. The van der Waals surface area contributed by atoms with Crippen LogP contribution in [0.1, 0.15) is 86.0 Å². The summed E-state index contributed by atoms with van der Waals surface area (Å²) < 4.78 is 0. The van der Waals surface area contributed by atoms with Crippen LogP contribution >= 0.6 is 0 Å². The van der Waals surface area contributed by atoms with Gasteiger partial charge in [0.25, 0.3) is 0 Å². The summed E-state index contributed by atoms with van der Waals surface area (Å²) in [4.78, 5) is 42.6. The van der Waals surface area contributed by atoms with Gasteiger partial charge in [0.2, 0.25) is 11.8 Å². The summed E-state index contributed by atoms with van der Waals surface area (Å²) in [5, 5.41) is 12.5. The molecular formula is C26H45N3O4. The van der Waals surface area contributed by atoms with Gasteiger partial charge >= 0.3 is 5.97 Å². The second kappa shape index (κ2) is 12.5. The second-order valence-electron chi connectivity index (χ2n) is 10.6. The van der Waals surface area contributed by atoms with E-state index in [1.807, 2.05) is 13.8 Å². The van der Waals surface area contributed by atoms with E-state index in [9.17, 15) is 19.5 Å². The van der Waals surface area contributed by atoms with Crippen molar-refractivity contribution in [3.05, 3.63) is 11.6 Å². The molecule has 0 radical (unpaired) electrons. The van der Waals surface area contributed by atoms with Gasteiger partial charge in [-0.1, -0.05) is 45.6 Å². The fraction of sp³-hybridized carbons (Fsp3) is 0.808. The summed E-state index contributed by atoms with van der Waals surface area (Å²) in [5.74, 6) is -0.976. The van der Waals surface area contributed by atoms with E-state index in [-0.39, 0.29) is 47.3 Å². The van der Waals surface area contributed by atoms with Crippen molar-refractivity contribution in [2.45, 2.75) is 110 Å². The largest absolute Gasteiger partial charge is 0.478 e. The van der Waals surface area contributed by atoms with Crippen LogP contribution in [0, 0.1) is 11.8 Å². The molecule has 7 heteroatoms. The van der Waals surface area contributed by atoms with Crippen LogP contribution in [-0.2, 0) is 14.4 Å². The smallest absolute Gasteiger partial charge is 0.331 e. The van der Waals surface area contributed by atoms with Crippen LogP contribution in [-0.4, -0.2) is 70.4 Å². The van der Waals surface area contributed by atoms with Crippen LogP contribution < -0.4 is 5.32 Å². The summed E-state index contributed by atoms with van der Waals surface area (Å²) in [5.41, 5.74) is 0.224. The first-order chi connectivity index (χ1) is 15.5. The van der Waals surface area contributed by atoms with Crippen LogP contribution in [0.3, 0.4) is 0 Å². The zero-order valence-corrected chi connectivity index (χ0v) is 21.5. The molecule has 1 saturated heterocycles. The highest BCUT2D eigenvalue weighted by Gasteiger charge is 2.38. The van der Waals surface area contributed by atoms with Gasteiger partial charge in [-0.25, -0.2) is 4.79 Å². The van der Waals surface area contributed by atoms with Gasteiger partial charge in [-0.3, -0.25) is 14.5 Å². The molecule has 1 aliphatic heterocycles. The fourth-order valence-electron chi connectivity index (χ4n) is 5.40. The SMILES string of the molecule is CC(=C[C@H](C(C)C)N(C)C(=O)[C@H](NC(=O)C1CCCCN1C(C)C)C1CCCCC1)C(=O)O. The molecule has 7 nitrogen and oxygen atoms in total. The molecule has 0 aromatic heterocycles. The van der Waals surface area contributed by atoms with Crippen LogP contribution in [0.25, 0.3) is 0 Å². The van der Waals surface area contributed by atoms with Gasteiger partial charge in [0.1, 0.15) is 6.04 Å². The highest BCUT2D eigenvalue weighted by Crippen LogP contribution is 2.29. The molecular weight excluding hydrogens is 418 g/mol. The number of carboxylic acids is 1. The molecule has 2 aliphatic rings. The summed E-state index contributed by atoms with van der Waals surface area (Å²) in [6, 6.07) is -0.836. The Morgan fingerprint density at radius 1 is 1.00 bits per heavy atom. The quantitative estimate of drug-likeness (QED) is 0.507. The maximum absolute atomic E-state index is 13.8. The maximum atomic E-state index is 13.8. The van der Waals surface area contributed by atoms with Gasteiger partial charge in [0, 0.05) is 18.7 Å². The van der Waals surface area contributed by atoms with Crippen molar-refractivity contribution in [1.29, 1.82) is 0 Å². The molecule has 2 rings (SSSR count). The highest BCUT2D eigenvalue weighted by molar-refractivity contribution is 5.90. The lowest BCUT2D eigenvalue weighted by molar-refractivity contribution is -0.141. The van der Waals surface area contributed by atoms with E-state index in [1.54, 1.807) is 24.9 Å². The average Bonchev–Trinajstić information content (AvgIpc) is 2.79. The third-order valence-electron chi connectivity index (χ3n) is 7.43. The fourth-order valence-corrected chi connectivity index (χ4v) is 5.40. The first-order valence-corrected chi connectivity index (χ1v) is 12.8. The summed E-state index contributed by atoms with van der Waals surface area (Å²) in [6.07, 6.45) is 9.77. The number of aliphatic carboxylic acids is 1. The number of hydrogen-bond donors (Lipinski definition) is 2. The van der Waals surface area contributed by atoms with Crippen molar-refractivity contribution in [2.24, 2.45) is 11.8 Å². The number of piperidine rings is 1. The number of hydrogen-bond acceptors (Lipinski definition) is 4. The summed E-state index contributed by atoms with van der Waals surface area (Å²) >= 11 is 0. The Bertz CT molecular complexity index is 712. The molecule has 2 fully saturated rings. The number of nitrogens with zero attached hydrogens (tertiary/aromatic N) is 2. The van der Waals surface area contributed by atoms with Gasteiger partial charge in [0.05, 0.1) is 12.1 Å². The standard InChI is InChI=1S/C26H45N3O4/c1-17(2)22(16-19(5)26(32)33)28(6)25(31)23(20-12-8-7-9-13-20)27-24(30)21-14-10-11-15-29(21)18(3)4/h16-18,20-23H,7-15H2,1-6H3,(H,27,30)(H,32,33)/t21?,22-,23-/m1/s1. The minimum absolute atomic E-state index is 0.0425. The topological polar surface area (TPSA) is 90.0 Å². The van der Waals surface area contributed by atoms with Crippen molar-refractivity contribution < 1.29 is 19.5 Å². The number of carbonyl (C=O) groups is 3. The molecule has 3 atom stereocenters. The van der Waals surface area contributed by atoms with Crippen molar-refractivity contribution in [3.8, 4) is 0 Å². The molecule has 1 unspecified atom stereocenters. The van der Waals surface area contributed by atoms with Gasteiger partial charge < -0.3 is 15.3 Å². The zero-order chi connectivity index (χ0) is 24.7. The number of carbonyl (C=O) groups excluding carboxylic acids is 2. The van der Waals surface area contributed by atoms with Crippen molar-refractivity contribution in [3.63, 3.8) is 0 Å². The van der Waals surface area contributed by atoms with E-state index in [0.717, 1.165) is 51.5 Å². The third-order valence-corrected chi connectivity index (χ3v) is 7.43. The normalized spacial score (nSPS) is 22.8. The van der Waals surface area contributed by atoms with Gasteiger partial charge in [-0.2, -0.15) is 0 Å². The van der Waals surface area contributed by atoms with Crippen LogP contribution in [0.2, 0.25) is 0 Å².